The fourth-order valence-corrected chi connectivity index (χ4v) is 1.29. The highest BCUT2D eigenvalue weighted by Crippen LogP contribution is 2.22. The summed E-state index contributed by atoms with van der Waals surface area (Å²) < 4.78 is 0. The van der Waals surface area contributed by atoms with Crippen molar-refractivity contribution in [1.82, 2.24) is 0 Å². The van der Waals surface area contributed by atoms with E-state index in [1.54, 1.807) is 6.21 Å². The van der Waals surface area contributed by atoms with Gasteiger partial charge in [0.15, 0.2) is 0 Å². The average Bonchev–Trinajstić information content (AvgIpc) is 2.52. The minimum Gasteiger partial charge on any atom is -0.313 e. The number of allylic oxidation sites excluding steroid dienone is 3. The standard InChI is InChI=1S/C11H16N2O3.C2H6/c1-9(2)10-5-4-6-11(3,7-12-10)8-16-13(14)15;1-2/h4-7,9H,8H2,1-3H3;1-2H3. The summed E-state index contributed by atoms with van der Waals surface area (Å²) in [6.07, 6.45) is 7.34. The highest BCUT2D eigenvalue weighted by atomic mass is 16.9. The molecule has 0 fully saturated rings. The zero-order valence-electron chi connectivity index (χ0n) is 11.7. The molecule has 102 valence electrons. The van der Waals surface area contributed by atoms with Crippen LogP contribution in [0.5, 0.6) is 0 Å². The zero-order valence-corrected chi connectivity index (χ0v) is 11.7. The van der Waals surface area contributed by atoms with Gasteiger partial charge in [-0.25, -0.2) is 0 Å². The molecule has 18 heavy (non-hydrogen) atoms. The number of hydrogen-bond acceptors (Lipinski definition) is 4. The third-order valence-electron chi connectivity index (χ3n) is 2.32. The molecule has 1 aliphatic rings. The van der Waals surface area contributed by atoms with E-state index in [9.17, 15) is 10.1 Å². The highest BCUT2D eigenvalue weighted by molar-refractivity contribution is 5.70. The molecule has 0 N–H and O–H groups in total. The first-order valence-electron chi connectivity index (χ1n) is 6.15. The van der Waals surface area contributed by atoms with E-state index in [2.05, 4.69) is 9.83 Å². The Morgan fingerprint density at radius 3 is 2.61 bits per heavy atom. The van der Waals surface area contributed by atoms with Gasteiger partial charge in [0, 0.05) is 17.3 Å². The lowest BCUT2D eigenvalue weighted by Gasteiger charge is -2.18. The maximum atomic E-state index is 10.1. The quantitative estimate of drug-likeness (QED) is 0.570. The lowest BCUT2D eigenvalue weighted by molar-refractivity contribution is -0.759. The van der Waals surface area contributed by atoms with Crippen LogP contribution in [0.2, 0.25) is 0 Å². The van der Waals surface area contributed by atoms with Crippen molar-refractivity contribution < 1.29 is 9.92 Å². The van der Waals surface area contributed by atoms with E-state index in [1.165, 1.54) is 0 Å². The SMILES string of the molecule is CC.CC(C)C1=CC=CC(C)(CO[N+](=O)[O-])C=N1. The van der Waals surface area contributed by atoms with Gasteiger partial charge >= 0.3 is 0 Å². The Morgan fingerprint density at radius 1 is 1.50 bits per heavy atom. The number of aliphatic imine (C=N–C) groups is 1. The summed E-state index contributed by atoms with van der Waals surface area (Å²) in [5.74, 6) is 0.333. The molecule has 5 nitrogen and oxygen atoms in total. The average molecular weight is 254 g/mol. The second-order valence-corrected chi connectivity index (χ2v) is 4.37. The number of hydrogen-bond donors (Lipinski definition) is 0. The van der Waals surface area contributed by atoms with Gasteiger partial charge in [0.2, 0.25) is 0 Å². The van der Waals surface area contributed by atoms with E-state index in [0.29, 0.717) is 5.92 Å². The molecule has 0 saturated heterocycles. The molecule has 1 aliphatic heterocycles. The molecule has 1 rings (SSSR count). The summed E-state index contributed by atoms with van der Waals surface area (Å²) in [6, 6.07) is 0. The summed E-state index contributed by atoms with van der Waals surface area (Å²) >= 11 is 0. The molecule has 1 unspecified atom stereocenters. The summed E-state index contributed by atoms with van der Waals surface area (Å²) in [7, 11) is 0. The van der Waals surface area contributed by atoms with E-state index in [0.717, 1.165) is 5.70 Å². The smallest absolute Gasteiger partial charge is 0.294 e. The minimum absolute atomic E-state index is 0.0147. The van der Waals surface area contributed by atoms with E-state index in [-0.39, 0.29) is 6.61 Å². The first-order chi connectivity index (χ1) is 8.43. The maximum Gasteiger partial charge on any atom is 0.294 e. The van der Waals surface area contributed by atoms with E-state index in [4.69, 9.17) is 0 Å². The van der Waals surface area contributed by atoms with Gasteiger partial charge in [-0.15, -0.1) is 10.1 Å². The Kier molecular flexibility index (Phi) is 6.93. The van der Waals surface area contributed by atoms with Crippen LogP contribution in [-0.2, 0) is 4.84 Å². The molecular weight excluding hydrogens is 232 g/mol. The Labute approximate surface area is 108 Å². The fraction of sp³-hybridized carbons (Fsp3) is 0.615. The molecule has 0 bridgehead atoms. The van der Waals surface area contributed by atoms with Gasteiger partial charge in [-0.1, -0.05) is 39.8 Å². The molecule has 0 amide bonds. The molecule has 0 radical (unpaired) electrons. The second-order valence-electron chi connectivity index (χ2n) is 4.37. The minimum atomic E-state index is -0.783. The third-order valence-corrected chi connectivity index (χ3v) is 2.32. The van der Waals surface area contributed by atoms with Crippen LogP contribution in [0.3, 0.4) is 0 Å². The molecular formula is C13H22N2O3. The Balaban J connectivity index is 0.00000137. The van der Waals surface area contributed by atoms with E-state index < -0.39 is 10.5 Å². The second kappa shape index (κ2) is 7.63. The molecule has 0 saturated carbocycles. The van der Waals surface area contributed by atoms with Crippen molar-refractivity contribution in [2.75, 3.05) is 6.61 Å². The van der Waals surface area contributed by atoms with Crippen LogP contribution in [0.4, 0.5) is 0 Å². The molecule has 0 aliphatic carbocycles. The van der Waals surface area contributed by atoms with Crippen molar-refractivity contribution >= 4 is 6.21 Å². The summed E-state index contributed by atoms with van der Waals surface area (Å²) in [5, 5.41) is 9.36. The Hall–Kier alpha value is -1.65. The predicted molar refractivity (Wildman–Crippen MR) is 73.0 cm³/mol. The van der Waals surface area contributed by atoms with Crippen molar-refractivity contribution in [2.45, 2.75) is 34.6 Å². The highest BCUT2D eigenvalue weighted by Gasteiger charge is 2.22. The van der Waals surface area contributed by atoms with Crippen LogP contribution in [0.25, 0.3) is 0 Å². The molecule has 5 heteroatoms. The summed E-state index contributed by atoms with van der Waals surface area (Å²) in [5.41, 5.74) is 0.432. The van der Waals surface area contributed by atoms with Crippen LogP contribution < -0.4 is 0 Å². The molecule has 0 spiro atoms. The van der Waals surface area contributed by atoms with Gasteiger partial charge in [-0.3, -0.25) is 4.99 Å². The molecule has 1 heterocycles. The van der Waals surface area contributed by atoms with Crippen LogP contribution in [0.1, 0.15) is 34.6 Å². The lowest BCUT2D eigenvalue weighted by Crippen LogP contribution is -2.24. The fourth-order valence-electron chi connectivity index (χ4n) is 1.29. The van der Waals surface area contributed by atoms with Crippen molar-refractivity contribution in [2.24, 2.45) is 16.3 Å². The molecule has 0 aromatic carbocycles. The topological polar surface area (TPSA) is 64.7 Å². The van der Waals surface area contributed by atoms with Gasteiger partial charge in [0.05, 0.1) is 0 Å². The Morgan fingerprint density at radius 2 is 2.11 bits per heavy atom. The maximum absolute atomic E-state index is 10.1. The monoisotopic (exact) mass is 254 g/mol. The van der Waals surface area contributed by atoms with Crippen molar-refractivity contribution in [3.05, 3.63) is 34.0 Å². The normalized spacial score (nSPS) is 21.8. The van der Waals surface area contributed by atoms with Gasteiger partial charge in [0.1, 0.15) is 6.61 Å². The van der Waals surface area contributed by atoms with Gasteiger partial charge < -0.3 is 4.84 Å². The summed E-state index contributed by atoms with van der Waals surface area (Å²) in [6.45, 7) is 9.92. The van der Waals surface area contributed by atoms with Crippen molar-refractivity contribution in [1.29, 1.82) is 0 Å². The first-order valence-corrected chi connectivity index (χ1v) is 6.15. The third kappa shape index (κ3) is 5.61. The molecule has 1 atom stereocenters. The lowest BCUT2D eigenvalue weighted by atomic mass is 9.93. The molecule has 0 aromatic rings. The van der Waals surface area contributed by atoms with Crippen LogP contribution in [0.15, 0.2) is 28.9 Å². The van der Waals surface area contributed by atoms with Crippen LogP contribution >= 0.6 is 0 Å². The van der Waals surface area contributed by atoms with E-state index in [1.807, 2.05) is 52.8 Å². The molecule has 0 aromatic heterocycles. The first kappa shape index (κ1) is 16.4. The number of nitrogens with zero attached hydrogens (tertiary/aromatic N) is 2. The largest absolute Gasteiger partial charge is 0.313 e. The zero-order chi connectivity index (χ0) is 14.2. The number of rotatable bonds is 4. The summed E-state index contributed by atoms with van der Waals surface area (Å²) in [4.78, 5) is 18.9. The predicted octanol–water partition coefficient (Wildman–Crippen LogP) is 3.41. The Bertz CT molecular complexity index is 359. The van der Waals surface area contributed by atoms with Gasteiger partial charge in [-0.2, -0.15) is 0 Å². The van der Waals surface area contributed by atoms with Crippen molar-refractivity contribution in [3.63, 3.8) is 0 Å². The van der Waals surface area contributed by atoms with E-state index >= 15 is 0 Å². The van der Waals surface area contributed by atoms with Crippen LogP contribution in [-0.4, -0.2) is 17.9 Å². The van der Waals surface area contributed by atoms with Crippen molar-refractivity contribution in [3.8, 4) is 0 Å². The van der Waals surface area contributed by atoms with Gasteiger partial charge in [-0.05, 0) is 18.9 Å². The van der Waals surface area contributed by atoms with Gasteiger partial charge in [0.25, 0.3) is 5.09 Å². The van der Waals surface area contributed by atoms with Crippen LogP contribution in [0, 0.1) is 21.4 Å².